The van der Waals surface area contributed by atoms with E-state index in [0.29, 0.717) is 138 Å². The summed E-state index contributed by atoms with van der Waals surface area (Å²) < 4.78 is 67.7. The standard InChI is InChI=1S/C53H67NO16.C13H18N2S/c1-3-50(55)65-33-29-61-25-23-59-27-31-63-44-13-17-46(18-14-44)69-52(57)41-9-5-39(6-10-41)37-67-48-21-22-49(43(35-48)36-54)68-38-40-7-11-42(12-8-40)53(58)70-47-19-15-45(16-20-47)64-32-28-60-24-26-62-30-34-66-51(56)4-2;1-2-3-4-7-10-14-13-15-11-8-5-6-9-12(11)16-13/h3-4,13-22,35-36,39-42,54H,1-2,5-12,23-34,37-38H2;5-6,8-9H,2-4,7,10H2,1H3,(H,14,15). The first-order valence-electron chi connectivity index (χ1n) is 29.9. The van der Waals surface area contributed by atoms with E-state index in [-0.39, 0.29) is 56.1 Å². The number of thiazole rings is 1. The Bertz CT molecular complexity index is 2760. The number of hydrogen-bond acceptors (Lipinski definition) is 20. The molecule has 20 heteroatoms. The summed E-state index contributed by atoms with van der Waals surface area (Å²) >= 11 is 1.74. The molecule has 19 nitrogen and oxygen atoms in total. The Balaban J connectivity index is 0.000000633. The quantitative estimate of drug-likeness (QED) is 0.0123. The summed E-state index contributed by atoms with van der Waals surface area (Å²) in [6, 6.07) is 27.7. The number of fused-ring (bicyclic) bond motifs is 1. The number of benzene rings is 4. The monoisotopic (exact) mass is 1210 g/mol. The summed E-state index contributed by atoms with van der Waals surface area (Å²) in [5, 5.41) is 12.5. The highest BCUT2D eigenvalue weighted by molar-refractivity contribution is 7.22. The average Bonchev–Trinajstić information content (AvgIpc) is 3.45. The Morgan fingerprint density at radius 2 is 1.01 bits per heavy atom. The van der Waals surface area contributed by atoms with E-state index < -0.39 is 11.9 Å². The first-order chi connectivity index (χ1) is 42.1. The normalized spacial score (nSPS) is 16.3. The fourth-order valence-corrected chi connectivity index (χ4v) is 10.2. The minimum Gasteiger partial charge on any atom is -0.493 e. The number of hydrogen-bond donors (Lipinski definition) is 2. The van der Waals surface area contributed by atoms with Gasteiger partial charge in [-0.3, -0.25) is 9.59 Å². The Hall–Kier alpha value is -7.36. The van der Waals surface area contributed by atoms with Crippen LogP contribution >= 0.6 is 11.3 Å². The van der Waals surface area contributed by atoms with E-state index in [1.54, 1.807) is 59.9 Å². The number of carbonyl (C=O) groups is 4. The zero-order valence-corrected chi connectivity index (χ0v) is 50.4. The summed E-state index contributed by atoms with van der Waals surface area (Å²) in [4.78, 5) is 52.5. The number of carbonyl (C=O) groups excluding carboxylic acids is 4. The molecule has 0 atom stereocenters. The molecule has 5 aromatic rings. The summed E-state index contributed by atoms with van der Waals surface area (Å²) in [5.74, 6) is 2.21. The number of nitrogens with one attached hydrogen (secondary N) is 2. The molecule has 2 fully saturated rings. The average molecular weight is 1210 g/mol. The maximum atomic E-state index is 13.0. The molecule has 7 rings (SSSR count). The van der Waals surface area contributed by atoms with Crippen LogP contribution < -0.4 is 33.7 Å². The lowest BCUT2D eigenvalue weighted by Crippen LogP contribution is -2.28. The number of ether oxygens (including phenoxy) is 12. The molecule has 2 saturated carbocycles. The maximum Gasteiger partial charge on any atom is 0.330 e. The lowest BCUT2D eigenvalue weighted by Gasteiger charge is -2.27. The van der Waals surface area contributed by atoms with Gasteiger partial charge in [-0.15, -0.1) is 0 Å². The zero-order valence-electron chi connectivity index (χ0n) is 49.6. The predicted molar refractivity (Wildman–Crippen MR) is 329 cm³/mol. The van der Waals surface area contributed by atoms with Gasteiger partial charge in [0.1, 0.15) is 60.9 Å². The predicted octanol–water partition coefficient (Wildman–Crippen LogP) is 11.8. The van der Waals surface area contributed by atoms with Crippen molar-refractivity contribution in [2.24, 2.45) is 23.7 Å². The largest absolute Gasteiger partial charge is 0.493 e. The van der Waals surface area contributed by atoms with E-state index in [2.05, 4.69) is 48.6 Å². The van der Waals surface area contributed by atoms with Crippen LogP contribution in [0.4, 0.5) is 5.13 Å². The van der Waals surface area contributed by atoms with Gasteiger partial charge in [0.2, 0.25) is 0 Å². The molecule has 1 aromatic heterocycles. The van der Waals surface area contributed by atoms with Crippen molar-refractivity contribution in [3.63, 3.8) is 0 Å². The van der Waals surface area contributed by atoms with Gasteiger partial charge < -0.3 is 67.6 Å². The number of nitrogens with zero attached hydrogens (tertiary/aromatic N) is 1. The Kier molecular flexibility index (Phi) is 31.6. The van der Waals surface area contributed by atoms with E-state index in [0.717, 1.165) is 55.0 Å². The SMILES string of the molecule is C=CC(=O)OCCOCCOCCOc1ccc(OC(=O)C2CCC(COc3ccc(OCC4CCC(C(=O)Oc5ccc(OCCOCCOCCOC(=O)C=C)cc5)CC4)c(C=N)c3)CC2)cc1.CCCCCCNc1nc2ccccc2s1. The van der Waals surface area contributed by atoms with Crippen molar-refractivity contribution in [3.05, 3.63) is 122 Å². The first kappa shape index (κ1) is 67.8. The second-order valence-electron chi connectivity index (χ2n) is 20.6. The fourth-order valence-electron chi connectivity index (χ4n) is 9.31. The Labute approximate surface area is 509 Å². The third kappa shape index (κ3) is 26.1. The van der Waals surface area contributed by atoms with Crippen molar-refractivity contribution in [1.29, 1.82) is 5.41 Å². The van der Waals surface area contributed by atoms with Crippen LogP contribution in [0.2, 0.25) is 0 Å². The highest BCUT2D eigenvalue weighted by Crippen LogP contribution is 2.34. The molecule has 0 bridgehead atoms. The molecule has 0 aliphatic heterocycles. The van der Waals surface area contributed by atoms with Gasteiger partial charge in [-0.1, -0.05) is 62.8 Å². The van der Waals surface area contributed by atoms with Crippen molar-refractivity contribution in [1.82, 2.24) is 4.98 Å². The molecular formula is C66H85N3O16S. The van der Waals surface area contributed by atoms with Crippen molar-refractivity contribution < 1.29 is 76.0 Å². The van der Waals surface area contributed by atoms with Crippen LogP contribution in [0.1, 0.15) is 89.5 Å². The van der Waals surface area contributed by atoms with Crippen LogP contribution in [0.5, 0.6) is 34.5 Å². The summed E-state index contributed by atoms with van der Waals surface area (Å²) in [6.07, 6.45) is 14.8. The van der Waals surface area contributed by atoms with Crippen molar-refractivity contribution >= 4 is 56.8 Å². The molecule has 0 saturated heterocycles. The molecule has 86 heavy (non-hydrogen) atoms. The highest BCUT2D eigenvalue weighted by Gasteiger charge is 2.30. The van der Waals surface area contributed by atoms with Gasteiger partial charge in [-0.25, -0.2) is 14.6 Å². The van der Waals surface area contributed by atoms with E-state index in [9.17, 15) is 19.2 Å². The number of aromatic nitrogens is 1. The molecule has 2 aliphatic carbocycles. The molecule has 0 unspecified atom stereocenters. The maximum absolute atomic E-state index is 13.0. The Morgan fingerprint density at radius 3 is 1.50 bits per heavy atom. The van der Waals surface area contributed by atoms with Crippen molar-refractivity contribution in [2.45, 2.75) is 84.0 Å². The molecule has 1 heterocycles. The summed E-state index contributed by atoms with van der Waals surface area (Å²) in [5.41, 5.74) is 1.73. The van der Waals surface area contributed by atoms with Crippen molar-refractivity contribution in [3.8, 4) is 34.5 Å². The van der Waals surface area contributed by atoms with Gasteiger partial charge in [-0.2, -0.15) is 0 Å². The highest BCUT2D eigenvalue weighted by atomic mass is 32.1. The van der Waals surface area contributed by atoms with Crippen LogP contribution in [0.25, 0.3) is 10.2 Å². The van der Waals surface area contributed by atoms with Crippen LogP contribution in [0, 0.1) is 29.1 Å². The molecular weight excluding hydrogens is 1120 g/mol. The summed E-state index contributed by atoms with van der Waals surface area (Å²) in [7, 11) is 0. The fraction of sp³-hybridized carbons (Fsp3) is 0.485. The Morgan fingerprint density at radius 1 is 0.547 bits per heavy atom. The van der Waals surface area contributed by atoms with Gasteiger partial charge in [-0.05, 0) is 148 Å². The minimum absolute atomic E-state index is 0.161. The van der Waals surface area contributed by atoms with Gasteiger partial charge in [0.05, 0.1) is 88.1 Å². The number of para-hydroxylation sites is 1. The smallest absolute Gasteiger partial charge is 0.330 e. The van der Waals surface area contributed by atoms with Gasteiger partial charge in [0.25, 0.3) is 0 Å². The second-order valence-corrected chi connectivity index (χ2v) is 21.6. The molecule has 0 amide bonds. The second kappa shape index (κ2) is 40.1. The molecule has 0 radical (unpaired) electrons. The lowest BCUT2D eigenvalue weighted by molar-refractivity contribution is -0.141. The molecule has 466 valence electrons. The van der Waals surface area contributed by atoms with E-state index in [1.165, 1.54) is 36.6 Å². The molecule has 0 spiro atoms. The van der Waals surface area contributed by atoms with Gasteiger partial charge in [0, 0.05) is 30.5 Å². The third-order valence-electron chi connectivity index (χ3n) is 14.2. The minimum atomic E-state index is -0.484. The van der Waals surface area contributed by atoms with E-state index in [1.807, 2.05) is 24.3 Å². The zero-order chi connectivity index (χ0) is 60.8. The molecule has 2 N–H and O–H groups in total. The molecule has 2 aliphatic rings. The van der Waals surface area contributed by atoms with Gasteiger partial charge >= 0.3 is 23.9 Å². The van der Waals surface area contributed by atoms with E-state index >= 15 is 0 Å². The van der Waals surface area contributed by atoms with Crippen molar-refractivity contribution in [2.75, 3.05) is 104 Å². The molecule has 4 aromatic carbocycles. The van der Waals surface area contributed by atoms with Gasteiger partial charge in [0.15, 0.2) is 5.13 Å². The van der Waals surface area contributed by atoms with Crippen LogP contribution in [-0.2, 0) is 47.6 Å². The van der Waals surface area contributed by atoms with Crippen LogP contribution in [0.15, 0.2) is 116 Å². The lowest BCUT2D eigenvalue weighted by atomic mass is 9.82. The van der Waals surface area contributed by atoms with E-state index in [4.69, 9.17) is 62.3 Å². The number of esters is 4. The number of unbranched alkanes of at least 4 members (excludes halogenated alkanes) is 3. The van der Waals surface area contributed by atoms with Crippen LogP contribution in [-0.4, -0.2) is 134 Å². The first-order valence-corrected chi connectivity index (χ1v) is 30.7. The van der Waals surface area contributed by atoms with Crippen LogP contribution in [0.3, 0.4) is 0 Å². The summed E-state index contributed by atoms with van der Waals surface area (Å²) in [6.45, 7) is 14.7. The number of anilines is 1. The topological polar surface area (TPSA) is 228 Å². The number of rotatable bonds is 39. The third-order valence-corrected chi connectivity index (χ3v) is 15.2.